The molecule has 0 aromatic carbocycles. The lowest BCUT2D eigenvalue weighted by atomic mass is 9.71. The van der Waals surface area contributed by atoms with Crippen LogP contribution in [0.2, 0.25) is 0 Å². The van der Waals surface area contributed by atoms with Crippen LogP contribution in [0.25, 0.3) is 0 Å². The first-order valence-corrected chi connectivity index (χ1v) is 14.3. The van der Waals surface area contributed by atoms with E-state index in [9.17, 15) is 13.5 Å². The van der Waals surface area contributed by atoms with Gasteiger partial charge in [-0.2, -0.15) is 0 Å². The number of likely N-dealkylation sites (N-methyl/N-ethyl adjacent to an activating group) is 1. The molecule has 0 aromatic heterocycles. The fraction of sp³-hybridized carbons (Fsp3) is 1.00. The lowest BCUT2D eigenvalue weighted by Gasteiger charge is -2.45. The van der Waals surface area contributed by atoms with E-state index in [0.29, 0.717) is 19.0 Å². The predicted octanol–water partition coefficient (Wildman–Crippen LogP) is 0.103. The summed E-state index contributed by atoms with van der Waals surface area (Å²) in [6.45, 7) is 2.74. The Morgan fingerprint density at radius 2 is 1.84 bits per heavy atom. The maximum Gasteiger partial charge on any atom is 0.217 e. The molecule has 2 saturated carbocycles. The Balaban J connectivity index is 1.19. The van der Waals surface area contributed by atoms with E-state index >= 15 is 0 Å². The van der Waals surface area contributed by atoms with Crippen molar-refractivity contribution in [3.8, 4) is 0 Å². The summed E-state index contributed by atoms with van der Waals surface area (Å²) >= 11 is 0. The first-order valence-electron chi connectivity index (χ1n) is 12.8. The second kappa shape index (κ2) is 9.37. The average Bonchev–Trinajstić information content (AvgIpc) is 3.43. The second-order valence-corrected chi connectivity index (χ2v) is 12.9. The SMILES string of the molecule is CN1NCC2CCCC(NS(=O)(=O)C3CNN(C4CC(C5(O)CCCCC5)CCN4)C3)C21. The van der Waals surface area contributed by atoms with Crippen LogP contribution in [-0.2, 0) is 10.0 Å². The normalized spacial score (nSPS) is 41.6. The summed E-state index contributed by atoms with van der Waals surface area (Å²) in [6, 6.07) is 0.214. The summed E-state index contributed by atoms with van der Waals surface area (Å²) in [6.07, 6.45) is 10.4. The van der Waals surface area contributed by atoms with Gasteiger partial charge in [0, 0.05) is 38.8 Å². The van der Waals surface area contributed by atoms with Gasteiger partial charge in [0.1, 0.15) is 5.25 Å². The zero-order chi connectivity index (χ0) is 22.3. The smallest absolute Gasteiger partial charge is 0.217 e. The third kappa shape index (κ3) is 4.62. The van der Waals surface area contributed by atoms with Gasteiger partial charge in [-0.3, -0.25) is 10.9 Å². The standard InChI is InChI=1S/C22H42N6O3S/c1-27-21-16(13-24-27)6-5-7-19(21)26-32(30,31)18-14-25-28(15-18)20-12-17(8-11-23-20)22(29)9-3-2-4-10-22/h16-21,23-26,29H,2-15H2,1H3. The van der Waals surface area contributed by atoms with Crippen LogP contribution in [0, 0.1) is 11.8 Å². The molecule has 5 fully saturated rings. The fourth-order valence-corrected chi connectivity index (χ4v) is 8.61. The number of fused-ring (bicyclic) bond motifs is 1. The molecule has 3 saturated heterocycles. The molecular weight excluding hydrogens is 428 g/mol. The molecule has 6 atom stereocenters. The molecule has 5 rings (SSSR count). The summed E-state index contributed by atoms with van der Waals surface area (Å²) in [5.41, 5.74) is 6.20. The van der Waals surface area contributed by atoms with Crippen molar-refractivity contribution in [1.82, 2.24) is 30.9 Å². The van der Waals surface area contributed by atoms with E-state index in [1.165, 1.54) is 12.8 Å². The van der Waals surface area contributed by atoms with Crippen molar-refractivity contribution in [3.05, 3.63) is 0 Å². The van der Waals surface area contributed by atoms with Crippen LogP contribution in [0.3, 0.4) is 0 Å². The summed E-state index contributed by atoms with van der Waals surface area (Å²) < 4.78 is 29.7. The van der Waals surface area contributed by atoms with Crippen molar-refractivity contribution >= 4 is 10.0 Å². The Kier molecular flexibility index (Phi) is 6.86. The van der Waals surface area contributed by atoms with E-state index in [1.807, 2.05) is 7.05 Å². The highest BCUT2D eigenvalue weighted by Gasteiger charge is 2.46. The van der Waals surface area contributed by atoms with Crippen LogP contribution < -0.4 is 20.9 Å². The van der Waals surface area contributed by atoms with Crippen LogP contribution in [0.5, 0.6) is 0 Å². The Hall–Kier alpha value is -0.330. The van der Waals surface area contributed by atoms with E-state index in [4.69, 9.17) is 0 Å². The largest absolute Gasteiger partial charge is 0.390 e. The molecule has 2 aliphatic carbocycles. The Bertz CT molecular complexity index is 759. The number of rotatable bonds is 5. The number of aliphatic hydroxyl groups is 1. The molecule has 0 aromatic rings. The summed E-state index contributed by atoms with van der Waals surface area (Å²) in [7, 11) is -1.40. The summed E-state index contributed by atoms with van der Waals surface area (Å²) in [5, 5.41) is 18.5. The van der Waals surface area contributed by atoms with Gasteiger partial charge in [-0.15, -0.1) is 0 Å². The van der Waals surface area contributed by atoms with Gasteiger partial charge >= 0.3 is 0 Å². The van der Waals surface area contributed by atoms with Gasteiger partial charge in [0.05, 0.1) is 11.8 Å². The molecule has 184 valence electrons. The van der Waals surface area contributed by atoms with Gasteiger partial charge in [-0.25, -0.2) is 23.2 Å². The Morgan fingerprint density at radius 1 is 1.03 bits per heavy atom. The van der Waals surface area contributed by atoms with Crippen molar-refractivity contribution in [2.75, 3.05) is 33.2 Å². The predicted molar refractivity (Wildman–Crippen MR) is 124 cm³/mol. The minimum Gasteiger partial charge on any atom is -0.390 e. The highest BCUT2D eigenvalue weighted by molar-refractivity contribution is 7.90. The van der Waals surface area contributed by atoms with Crippen molar-refractivity contribution < 1.29 is 13.5 Å². The van der Waals surface area contributed by atoms with E-state index in [-0.39, 0.29) is 24.2 Å². The third-order valence-corrected chi connectivity index (χ3v) is 10.8. The minimum absolute atomic E-state index is 0.0227. The molecular formula is C22H42N6O3S. The highest BCUT2D eigenvalue weighted by atomic mass is 32.2. The maximum absolute atomic E-state index is 13.3. The average molecular weight is 471 g/mol. The zero-order valence-electron chi connectivity index (χ0n) is 19.4. The molecule has 10 heteroatoms. The van der Waals surface area contributed by atoms with Crippen LogP contribution in [-0.4, -0.2) is 85.9 Å². The highest BCUT2D eigenvalue weighted by Crippen LogP contribution is 2.40. The molecule has 5 N–H and O–H groups in total. The minimum atomic E-state index is -3.43. The maximum atomic E-state index is 13.3. The molecule has 0 radical (unpaired) electrons. The van der Waals surface area contributed by atoms with E-state index < -0.39 is 20.9 Å². The lowest BCUT2D eigenvalue weighted by Crippen LogP contribution is -2.57. The van der Waals surface area contributed by atoms with Crippen molar-refractivity contribution in [2.45, 2.75) is 93.3 Å². The van der Waals surface area contributed by atoms with Gasteiger partial charge in [0.2, 0.25) is 10.0 Å². The van der Waals surface area contributed by atoms with Crippen LogP contribution >= 0.6 is 0 Å². The molecule has 5 aliphatic rings. The number of piperidine rings is 1. The van der Waals surface area contributed by atoms with Gasteiger partial charge in [0.15, 0.2) is 0 Å². The topological polar surface area (TPSA) is 109 Å². The van der Waals surface area contributed by atoms with Crippen molar-refractivity contribution in [3.63, 3.8) is 0 Å². The monoisotopic (exact) mass is 470 g/mol. The Morgan fingerprint density at radius 3 is 2.66 bits per heavy atom. The van der Waals surface area contributed by atoms with Gasteiger partial charge in [0.25, 0.3) is 0 Å². The van der Waals surface area contributed by atoms with Crippen LogP contribution in [0.1, 0.15) is 64.2 Å². The molecule has 0 bridgehead atoms. The number of hydrazine groups is 2. The number of sulfonamides is 1. The van der Waals surface area contributed by atoms with E-state index in [2.05, 4.69) is 30.9 Å². The summed E-state index contributed by atoms with van der Waals surface area (Å²) in [4.78, 5) is 0. The number of hydrogen-bond donors (Lipinski definition) is 5. The third-order valence-electron chi connectivity index (χ3n) is 8.95. The number of nitrogens with zero attached hydrogens (tertiary/aromatic N) is 2. The van der Waals surface area contributed by atoms with Crippen LogP contribution in [0.4, 0.5) is 0 Å². The first kappa shape index (κ1) is 23.4. The quantitative estimate of drug-likeness (QED) is 0.385. The van der Waals surface area contributed by atoms with Crippen LogP contribution in [0.15, 0.2) is 0 Å². The lowest BCUT2D eigenvalue weighted by molar-refractivity contribution is -0.0754. The fourth-order valence-electron chi connectivity index (χ4n) is 7.09. The molecule has 32 heavy (non-hydrogen) atoms. The van der Waals surface area contributed by atoms with E-state index in [1.54, 1.807) is 0 Å². The van der Waals surface area contributed by atoms with E-state index in [0.717, 1.165) is 64.5 Å². The molecule has 9 nitrogen and oxygen atoms in total. The molecule has 6 unspecified atom stereocenters. The first-order chi connectivity index (χ1) is 15.4. The number of nitrogens with one attached hydrogen (secondary N) is 4. The number of hydrogen-bond acceptors (Lipinski definition) is 8. The van der Waals surface area contributed by atoms with Crippen molar-refractivity contribution in [2.24, 2.45) is 11.8 Å². The molecule has 0 spiro atoms. The Labute approximate surface area is 193 Å². The second-order valence-electron chi connectivity index (χ2n) is 10.9. The molecule has 3 aliphatic heterocycles. The molecule has 0 amide bonds. The van der Waals surface area contributed by atoms with Crippen molar-refractivity contribution in [1.29, 1.82) is 0 Å². The molecule has 3 heterocycles. The summed E-state index contributed by atoms with van der Waals surface area (Å²) in [5.74, 6) is 0.808. The van der Waals surface area contributed by atoms with Gasteiger partial charge in [-0.05, 0) is 56.9 Å². The zero-order valence-corrected chi connectivity index (χ0v) is 20.2. The van der Waals surface area contributed by atoms with Gasteiger partial charge < -0.3 is 10.4 Å². The van der Waals surface area contributed by atoms with Gasteiger partial charge in [-0.1, -0.05) is 25.7 Å².